The average molecular weight is 423 g/mol. The summed E-state index contributed by atoms with van der Waals surface area (Å²) in [6, 6.07) is 12.7. The van der Waals surface area contributed by atoms with Crippen molar-refractivity contribution in [3.8, 4) is 22.1 Å². The molecule has 0 aliphatic rings. The predicted molar refractivity (Wildman–Crippen MR) is 116 cm³/mol. The minimum atomic E-state index is -0.236. The lowest BCUT2D eigenvalue weighted by Crippen LogP contribution is -2.12. The van der Waals surface area contributed by atoms with E-state index in [-0.39, 0.29) is 5.91 Å². The smallest absolute Gasteiger partial charge is 0.255 e. The maximum atomic E-state index is 12.8. The van der Waals surface area contributed by atoms with Crippen molar-refractivity contribution in [1.29, 1.82) is 0 Å². The third kappa shape index (κ3) is 4.11. The van der Waals surface area contributed by atoms with Gasteiger partial charge >= 0.3 is 0 Å². The van der Waals surface area contributed by atoms with Crippen molar-refractivity contribution >= 4 is 27.9 Å². The van der Waals surface area contributed by atoms with Gasteiger partial charge < -0.3 is 14.8 Å². The molecule has 4 aromatic rings. The van der Waals surface area contributed by atoms with Crippen LogP contribution in [0.25, 0.3) is 15.5 Å². The molecule has 0 spiro atoms. The number of aryl methyl sites for hydroxylation is 1. The number of fused-ring (bicyclic) bond motifs is 1. The minimum Gasteiger partial charge on any atom is -0.494 e. The maximum Gasteiger partial charge on any atom is 0.255 e. The summed E-state index contributed by atoms with van der Waals surface area (Å²) in [4.78, 5) is 13.5. The molecule has 0 unspecified atom stereocenters. The first-order valence-corrected chi connectivity index (χ1v) is 10.4. The highest BCUT2D eigenvalue weighted by Crippen LogP contribution is 2.27. The first-order chi connectivity index (χ1) is 14.6. The third-order valence-corrected chi connectivity index (χ3v) is 5.25. The molecule has 0 aliphatic heterocycles. The van der Waals surface area contributed by atoms with Crippen molar-refractivity contribution in [2.45, 2.75) is 20.8 Å². The van der Waals surface area contributed by atoms with Crippen LogP contribution in [-0.4, -0.2) is 38.9 Å². The number of carbonyl (C=O) groups excluding carboxylic acids is 1. The van der Waals surface area contributed by atoms with Gasteiger partial charge in [0.25, 0.3) is 5.91 Å². The van der Waals surface area contributed by atoms with Gasteiger partial charge in [0, 0.05) is 22.9 Å². The van der Waals surface area contributed by atoms with Gasteiger partial charge in [-0.2, -0.15) is 9.61 Å². The van der Waals surface area contributed by atoms with Crippen LogP contribution in [0.15, 0.2) is 42.5 Å². The number of carbonyl (C=O) groups is 1. The van der Waals surface area contributed by atoms with Gasteiger partial charge in [-0.1, -0.05) is 11.3 Å². The highest BCUT2D eigenvalue weighted by atomic mass is 32.1. The second kappa shape index (κ2) is 8.50. The molecule has 0 saturated carbocycles. The lowest BCUT2D eigenvalue weighted by atomic mass is 10.1. The van der Waals surface area contributed by atoms with Crippen LogP contribution in [-0.2, 0) is 0 Å². The summed E-state index contributed by atoms with van der Waals surface area (Å²) in [5.41, 5.74) is 2.10. The zero-order valence-corrected chi connectivity index (χ0v) is 17.7. The summed E-state index contributed by atoms with van der Waals surface area (Å²) in [7, 11) is 0. The fourth-order valence-corrected chi connectivity index (χ4v) is 3.82. The van der Waals surface area contributed by atoms with Crippen molar-refractivity contribution in [2.24, 2.45) is 0 Å². The molecular weight excluding hydrogens is 402 g/mol. The van der Waals surface area contributed by atoms with Crippen LogP contribution in [0.2, 0.25) is 0 Å². The van der Waals surface area contributed by atoms with E-state index in [2.05, 4.69) is 20.6 Å². The zero-order valence-electron chi connectivity index (χ0n) is 16.9. The van der Waals surface area contributed by atoms with E-state index in [9.17, 15) is 4.79 Å². The summed E-state index contributed by atoms with van der Waals surface area (Å²) in [6.45, 7) is 6.67. The quantitative estimate of drug-likeness (QED) is 0.479. The summed E-state index contributed by atoms with van der Waals surface area (Å²) in [5, 5.41) is 16.4. The second-order valence-corrected chi connectivity index (χ2v) is 7.40. The zero-order chi connectivity index (χ0) is 21.1. The Kier molecular flexibility index (Phi) is 5.62. The van der Waals surface area contributed by atoms with Crippen molar-refractivity contribution in [1.82, 2.24) is 19.8 Å². The Balaban J connectivity index is 1.52. The van der Waals surface area contributed by atoms with E-state index in [1.54, 1.807) is 22.7 Å². The number of nitrogens with zero attached hydrogens (tertiary/aromatic N) is 4. The molecule has 8 nitrogen and oxygen atoms in total. The summed E-state index contributed by atoms with van der Waals surface area (Å²) < 4.78 is 12.8. The van der Waals surface area contributed by atoms with Crippen LogP contribution in [0.3, 0.4) is 0 Å². The van der Waals surface area contributed by atoms with E-state index in [1.807, 2.05) is 45.0 Å². The molecule has 0 fully saturated rings. The van der Waals surface area contributed by atoms with Crippen molar-refractivity contribution in [2.75, 3.05) is 18.5 Å². The van der Waals surface area contributed by atoms with Gasteiger partial charge in [-0.25, -0.2) is 0 Å². The Bertz CT molecular complexity index is 1160. The number of ether oxygens (including phenoxy) is 2. The van der Waals surface area contributed by atoms with Gasteiger partial charge in [-0.05, 0) is 57.2 Å². The lowest BCUT2D eigenvalue weighted by molar-refractivity contribution is 0.102. The molecule has 0 aliphatic carbocycles. The molecular formula is C21H21N5O3S. The highest BCUT2D eigenvalue weighted by molar-refractivity contribution is 7.19. The van der Waals surface area contributed by atoms with Crippen LogP contribution in [0.5, 0.6) is 11.5 Å². The fourth-order valence-electron chi connectivity index (χ4n) is 2.93. The Morgan fingerprint density at radius 3 is 2.30 bits per heavy atom. The Morgan fingerprint density at radius 1 is 1.03 bits per heavy atom. The van der Waals surface area contributed by atoms with Crippen LogP contribution in [0.1, 0.15) is 30.0 Å². The molecule has 2 aromatic heterocycles. The first-order valence-electron chi connectivity index (χ1n) is 9.58. The van der Waals surface area contributed by atoms with E-state index in [4.69, 9.17) is 9.47 Å². The molecule has 1 amide bonds. The van der Waals surface area contributed by atoms with Crippen LogP contribution in [0.4, 0.5) is 5.69 Å². The van der Waals surface area contributed by atoms with Crippen molar-refractivity contribution < 1.29 is 14.3 Å². The average Bonchev–Trinajstić information content (AvgIpc) is 3.31. The molecule has 0 radical (unpaired) electrons. The van der Waals surface area contributed by atoms with Gasteiger partial charge in [0.2, 0.25) is 4.96 Å². The number of hydrogen-bond donors (Lipinski definition) is 1. The molecule has 1 N–H and O–H groups in total. The second-order valence-electron chi connectivity index (χ2n) is 6.44. The molecule has 4 rings (SSSR count). The molecule has 2 aromatic carbocycles. The van der Waals surface area contributed by atoms with E-state index in [0.29, 0.717) is 36.0 Å². The molecule has 2 heterocycles. The molecule has 0 bridgehead atoms. The van der Waals surface area contributed by atoms with E-state index in [0.717, 1.165) is 21.4 Å². The Labute approximate surface area is 177 Å². The van der Waals surface area contributed by atoms with Crippen LogP contribution >= 0.6 is 11.3 Å². The van der Waals surface area contributed by atoms with Gasteiger partial charge in [-0.3, -0.25) is 4.79 Å². The van der Waals surface area contributed by atoms with E-state index >= 15 is 0 Å². The summed E-state index contributed by atoms with van der Waals surface area (Å²) >= 11 is 1.46. The number of anilines is 1. The number of nitrogens with one attached hydrogen (secondary N) is 1. The first kappa shape index (κ1) is 19.8. The largest absolute Gasteiger partial charge is 0.494 e. The van der Waals surface area contributed by atoms with Crippen molar-refractivity contribution in [3.05, 3.63) is 53.9 Å². The normalized spacial score (nSPS) is 10.9. The number of amides is 1. The molecule has 30 heavy (non-hydrogen) atoms. The SMILES string of the molecule is CCOc1cc(OCC)cc(C(=O)Nc2ccc(-c3nn4c(C)nnc4s3)cc2)c1. The minimum absolute atomic E-state index is 0.236. The van der Waals surface area contributed by atoms with Crippen molar-refractivity contribution in [3.63, 3.8) is 0 Å². The van der Waals surface area contributed by atoms with Crippen LogP contribution in [0, 0.1) is 6.92 Å². The van der Waals surface area contributed by atoms with E-state index in [1.165, 1.54) is 11.3 Å². The van der Waals surface area contributed by atoms with Gasteiger partial charge in [0.1, 0.15) is 16.5 Å². The molecule has 0 saturated heterocycles. The lowest BCUT2D eigenvalue weighted by Gasteiger charge is -2.11. The number of benzene rings is 2. The Morgan fingerprint density at radius 2 is 1.70 bits per heavy atom. The maximum absolute atomic E-state index is 12.8. The molecule has 9 heteroatoms. The number of rotatable bonds is 7. The molecule has 0 atom stereocenters. The monoisotopic (exact) mass is 423 g/mol. The molecule has 154 valence electrons. The van der Waals surface area contributed by atoms with Crippen LogP contribution < -0.4 is 14.8 Å². The Hall–Kier alpha value is -3.46. The third-order valence-electron chi connectivity index (χ3n) is 4.30. The highest BCUT2D eigenvalue weighted by Gasteiger charge is 2.13. The number of aromatic nitrogens is 4. The van der Waals surface area contributed by atoms with Gasteiger partial charge in [-0.15, -0.1) is 10.2 Å². The fraction of sp³-hybridized carbons (Fsp3) is 0.238. The summed E-state index contributed by atoms with van der Waals surface area (Å²) in [6.07, 6.45) is 0. The predicted octanol–water partition coefficient (Wildman–Crippen LogP) is 4.21. The topological polar surface area (TPSA) is 90.6 Å². The number of hydrogen-bond acceptors (Lipinski definition) is 7. The summed E-state index contributed by atoms with van der Waals surface area (Å²) in [5.74, 6) is 1.71. The van der Waals surface area contributed by atoms with Gasteiger partial charge in [0.05, 0.1) is 13.2 Å². The standard InChI is InChI=1S/C21H21N5O3S/c1-4-28-17-10-15(11-18(12-17)29-5-2)19(27)22-16-8-6-14(7-9-16)20-25-26-13(3)23-24-21(26)30-20/h6-12H,4-5H2,1-3H3,(H,22,27). The van der Waals surface area contributed by atoms with E-state index < -0.39 is 0 Å². The van der Waals surface area contributed by atoms with Gasteiger partial charge in [0.15, 0.2) is 5.82 Å².